The molecule has 1 aromatic carbocycles. The number of aryl methyl sites for hydroxylation is 2. The first-order valence-electron chi connectivity index (χ1n) is 7.33. The molecule has 5 nitrogen and oxygen atoms in total. The van der Waals surface area contributed by atoms with E-state index < -0.39 is 12.1 Å². The number of pyridine rings is 1. The van der Waals surface area contributed by atoms with Gasteiger partial charge in [-0.25, -0.2) is 9.78 Å². The van der Waals surface area contributed by atoms with Crippen LogP contribution in [-0.2, 0) is 4.74 Å². The van der Waals surface area contributed by atoms with Crippen molar-refractivity contribution in [2.45, 2.75) is 20.0 Å². The van der Waals surface area contributed by atoms with Crippen LogP contribution in [0.1, 0.15) is 39.0 Å². The number of aromatic nitrogens is 2. The van der Waals surface area contributed by atoms with Crippen LogP contribution in [0.4, 0.5) is 0 Å². The van der Waals surface area contributed by atoms with Crippen molar-refractivity contribution in [3.05, 3.63) is 70.7 Å². The van der Waals surface area contributed by atoms with E-state index in [1.165, 1.54) is 7.11 Å². The maximum atomic E-state index is 11.8. The molecule has 0 spiro atoms. The summed E-state index contributed by atoms with van der Waals surface area (Å²) in [5.41, 5.74) is 4.28. The van der Waals surface area contributed by atoms with Gasteiger partial charge in [-0.05, 0) is 37.1 Å². The quantitative estimate of drug-likeness (QED) is 0.756. The minimum absolute atomic E-state index is 0.402. The number of fused-ring (bicyclic) bond motifs is 1. The highest BCUT2D eigenvalue weighted by molar-refractivity contribution is 5.89. The lowest BCUT2D eigenvalue weighted by Gasteiger charge is -2.12. The van der Waals surface area contributed by atoms with Crippen LogP contribution in [0.25, 0.3) is 5.65 Å². The summed E-state index contributed by atoms with van der Waals surface area (Å²) in [4.78, 5) is 16.2. The molecule has 1 atom stereocenters. The summed E-state index contributed by atoms with van der Waals surface area (Å²) in [6, 6.07) is 11.3. The Bertz CT molecular complexity index is 866. The van der Waals surface area contributed by atoms with Crippen molar-refractivity contribution in [2.75, 3.05) is 7.11 Å². The number of aliphatic hydroxyl groups is 1. The molecule has 1 unspecified atom stereocenters. The van der Waals surface area contributed by atoms with E-state index in [1.54, 1.807) is 29.7 Å². The number of esters is 1. The molecule has 118 valence electrons. The fourth-order valence-corrected chi connectivity index (χ4v) is 2.63. The number of imidazole rings is 1. The highest BCUT2D eigenvalue weighted by Gasteiger charge is 2.18. The molecule has 1 N–H and O–H groups in total. The number of ether oxygens (including phenoxy) is 1. The van der Waals surface area contributed by atoms with E-state index in [9.17, 15) is 9.90 Å². The van der Waals surface area contributed by atoms with Gasteiger partial charge >= 0.3 is 5.97 Å². The third kappa shape index (κ3) is 2.71. The number of nitrogens with zero attached hydrogens (tertiary/aromatic N) is 2. The number of hydrogen-bond donors (Lipinski definition) is 1. The lowest BCUT2D eigenvalue weighted by atomic mass is 10.0. The molecule has 0 aliphatic rings. The maximum absolute atomic E-state index is 11.8. The van der Waals surface area contributed by atoms with Gasteiger partial charge in [0.2, 0.25) is 0 Å². The predicted octanol–water partition coefficient (Wildman–Crippen LogP) is 2.82. The van der Waals surface area contributed by atoms with Crippen molar-refractivity contribution < 1.29 is 14.6 Å². The molecular formula is C18H18N2O3. The van der Waals surface area contributed by atoms with Crippen molar-refractivity contribution in [1.82, 2.24) is 9.38 Å². The number of carbonyl (C=O) groups is 1. The van der Waals surface area contributed by atoms with Crippen molar-refractivity contribution >= 4 is 11.6 Å². The Kier molecular flexibility index (Phi) is 3.88. The Morgan fingerprint density at radius 1 is 1.17 bits per heavy atom. The molecule has 0 aliphatic heterocycles. The van der Waals surface area contributed by atoms with E-state index in [0.717, 1.165) is 16.7 Å². The van der Waals surface area contributed by atoms with Crippen LogP contribution in [0.15, 0.2) is 42.6 Å². The van der Waals surface area contributed by atoms with Gasteiger partial charge in [0.1, 0.15) is 11.8 Å². The third-order valence-corrected chi connectivity index (χ3v) is 3.91. The van der Waals surface area contributed by atoms with Crippen molar-refractivity contribution in [3.63, 3.8) is 0 Å². The fraction of sp³-hybridized carbons (Fsp3) is 0.222. The number of carbonyl (C=O) groups excluding carboxylic acids is 1. The van der Waals surface area contributed by atoms with Crippen LogP contribution in [0.5, 0.6) is 0 Å². The first-order chi connectivity index (χ1) is 11.0. The van der Waals surface area contributed by atoms with E-state index in [-0.39, 0.29) is 0 Å². The minimum atomic E-state index is -0.737. The number of methoxy groups -OCH3 is 1. The maximum Gasteiger partial charge on any atom is 0.356 e. The highest BCUT2D eigenvalue weighted by atomic mass is 16.5. The molecule has 0 amide bonds. The van der Waals surface area contributed by atoms with Gasteiger partial charge in [-0.1, -0.05) is 29.8 Å². The summed E-state index contributed by atoms with van der Waals surface area (Å²) in [6.45, 7) is 3.76. The van der Waals surface area contributed by atoms with Gasteiger partial charge in [0.15, 0.2) is 5.69 Å². The lowest BCUT2D eigenvalue weighted by molar-refractivity contribution is 0.0592. The predicted molar refractivity (Wildman–Crippen MR) is 86.5 cm³/mol. The first kappa shape index (κ1) is 15.2. The molecule has 0 saturated carbocycles. The van der Waals surface area contributed by atoms with E-state index >= 15 is 0 Å². The SMILES string of the molecule is COC(=O)c1c(C)nc2cc(C(O)c3ccc(C)cc3)ccn12. The Balaban J connectivity index is 2.03. The molecule has 3 aromatic rings. The topological polar surface area (TPSA) is 63.8 Å². The number of aliphatic hydroxyl groups excluding tert-OH is 1. The van der Waals surface area contributed by atoms with E-state index in [2.05, 4.69) is 4.98 Å². The van der Waals surface area contributed by atoms with Gasteiger partial charge in [-0.3, -0.25) is 4.40 Å². The molecule has 2 aromatic heterocycles. The summed E-state index contributed by atoms with van der Waals surface area (Å²) >= 11 is 0. The van der Waals surface area contributed by atoms with Crippen LogP contribution in [0.2, 0.25) is 0 Å². The average molecular weight is 310 g/mol. The second-order valence-electron chi connectivity index (χ2n) is 5.54. The van der Waals surface area contributed by atoms with Crippen molar-refractivity contribution in [2.24, 2.45) is 0 Å². The smallest absolute Gasteiger partial charge is 0.356 e. The van der Waals surface area contributed by atoms with Gasteiger partial charge in [-0.15, -0.1) is 0 Å². The highest BCUT2D eigenvalue weighted by Crippen LogP contribution is 2.24. The van der Waals surface area contributed by atoms with Crippen molar-refractivity contribution in [1.29, 1.82) is 0 Å². The van der Waals surface area contributed by atoms with Gasteiger partial charge in [-0.2, -0.15) is 0 Å². The molecule has 0 saturated heterocycles. The minimum Gasteiger partial charge on any atom is -0.464 e. The molecule has 2 heterocycles. The van der Waals surface area contributed by atoms with Crippen LogP contribution >= 0.6 is 0 Å². The Morgan fingerprint density at radius 3 is 2.52 bits per heavy atom. The third-order valence-electron chi connectivity index (χ3n) is 3.91. The summed E-state index contributed by atoms with van der Waals surface area (Å²) in [7, 11) is 1.34. The van der Waals surface area contributed by atoms with Crippen molar-refractivity contribution in [3.8, 4) is 0 Å². The van der Waals surface area contributed by atoms with Gasteiger partial charge in [0.25, 0.3) is 0 Å². The van der Waals surface area contributed by atoms with Crippen LogP contribution in [0, 0.1) is 13.8 Å². The second kappa shape index (κ2) is 5.85. The van der Waals surface area contributed by atoms with Gasteiger partial charge in [0.05, 0.1) is 12.8 Å². The fourth-order valence-electron chi connectivity index (χ4n) is 2.63. The number of rotatable bonds is 3. The summed E-state index contributed by atoms with van der Waals surface area (Å²) < 4.78 is 6.47. The molecule has 3 rings (SSSR count). The molecule has 0 bridgehead atoms. The molecule has 5 heteroatoms. The molecule has 0 radical (unpaired) electrons. The zero-order valence-corrected chi connectivity index (χ0v) is 13.3. The second-order valence-corrected chi connectivity index (χ2v) is 5.54. The molecule has 0 aliphatic carbocycles. The lowest BCUT2D eigenvalue weighted by Crippen LogP contribution is -2.07. The normalized spacial score (nSPS) is 12.3. The zero-order chi connectivity index (χ0) is 16.6. The summed E-state index contributed by atoms with van der Waals surface area (Å²) in [6.07, 6.45) is 0.994. The Labute approximate surface area is 134 Å². The Morgan fingerprint density at radius 2 is 1.87 bits per heavy atom. The first-order valence-corrected chi connectivity index (χ1v) is 7.33. The van der Waals surface area contributed by atoms with Crippen LogP contribution in [-0.4, -0.2) is 27.6 Å². The van der Waals surface area contributed by atoms with Crippen LogP contribution < -0.4 is 0 Å². The van der Waals surface area contributed by atoms with E-state index in [4.69, 9.17) is 4.74 Å². The largest absolute Gasteiger partial charge is 0.464 e. The molecule has 23 heavy (non-hydrogen) atoms. The number of hydrogen-bond acceptors (Lipinski definition) is 4. The van der Waals surface area contributed by atoms with Crippen LogP contribution in [0.3, 0.4) is 0 Å². The van der Waals surface area contributed by atoms with E-state index in [0.29, 0.717) is 17.0 Å². The monoisotopic (exact) mass is 310 g/mol. The molecular weight excluding hydrogens is 292 g/mol. The van der Waals surface area contributed by atoms with Gasteiger partial charge < -0.3 is 9.84 Å². The summed E-state index contributed by atoms with van der Waals surface area (Å²) in [5, 5.41) is 10.5. The van der Waals surface area contributed by atoms with E-state index in [1.807, 2.05) is 31.2 Å². The number of benzene rings is 1. The Hall–Kier alpha value is -2.66. The standard InChI is InChI=1S/C18H18N2O3/c1-11-4-6-13(7-5-11)17(21)14-8-9-20-15(10-14)19-12(2)16(20)18(22)23-3/h4-10,17,21H,1-3H3. The molecule has 0 fully saturated rings. The zero-order valence-electron chi connectivity index (χ0n) is 13.3. The average Bonchev–Trinajstić information content (AvgIpc) is 2.89. The van der Waals surface area contributed by atoms with Gasteiger partial charge in [0, 0.05) is 6.20 Å². The summed E-state index contributed by atoms with van der Waals surface area (Å²) in [5.74, 6) is -0.429.